The molecule has 0 bridgehead atoms. The van der Waals surface area contributed by atoms with Crippen molar-refractivity contribution in [2.24, 2.45) is 0 Å². The molecule has 0 saturated carbocycles. The van der Waals surface area contributed by atoms with Gasteiger partial charge in [-0.15, -0.1) is 0 Å². The monoisotopic (exact) mass is 306 g/mol. The zero-order valence-electron chi connectivity index (χ0n) is 12.4. The number of nitrogens with one attached hydrogen (secondary N) is 4. The smallest absolute Gasteiger partial charge is 0.315 e. The van der Waals surface area contributed by atoms with Crippen LogP contribution in [0.15, 0.2) is 29.1 Å². The molecule has 0 radical (unpaired) electrons. The predicted molar refractivity (Wildman–Crippen MR) is 80.0 cm³/mol. The standard InChI is InChI=1S/C14H18N4O4/c1-21-11-4-3-9(5-12(11)22-2)7-15-14(20)16-8-10-6-13(19)18-17-10/h3-6H,7-8H2,1-2H3,(H2,15,16,20)(H2,17,18,19). The highest BCUT2D eigenvalue weighted by Gasteiger charge is 2.06. The van der Waals surface area contributed by atoms with Crippen molar-refractivity contribution in [3.63, 3.8) is 0 Å². The van der Waals surface area contributed by atoms with Gasteiger partial charge in [0.2, 0.25) is 0 Å². The highest BCUT2D eigenvalue weighted by Crippen LogP contribution is 2.27. The Labute approximate surface area is 126 Å². The molecule has 1 aromatic heterocycles. The summed E-state index contributed by atoms with van der Waals surface area (Å²) in [5.74, 6) is 1.24. The van der Waals surface area contributed by atoms with Gasteiger partial charge in [-0.1, -0.05) is 6.07 Å². The molecule has 2 aromatic rings. The van der Waals surface area contributed by atoms with Crippen LogP contribution in [0.25, 0.3) is 0 Å². The molecule has 0 unspecified atom stereocenters. The van der Waals surface area contributed by atoms with Crippen molar-refractivity contribution in [1.82, 2.24) is 20.8 Å². The van der Waals surface area contributed by atoms with Crippen molar-refractivity contribution in [1.29, 1.82) is 0 Å². The molecule has 2 amide bonds. The Morgan fingerprint density at radius 3 is 2.41 bits per heavy atom. The predicted octanol–water partition coefficient (Wildman–Crippen LogP) is 0.720. The maximum Gasteiger partial charge on any atom is 0.315 e. The molecule has 8 nitrogen and oxygen atoms in total. The van der Waals surface area contributed by atoms with Crippen molar-refractivity contribution < 1.29 is 14.3 Å². The molecule has 22 heavy (non-hydrogen) atoms. The summed E-state index contributed by atoms with van der Waals surface area (Å²) in [5.41, 5.74) is 1.25. The first-order chi connectivity index (χ1) is 10.6. The molecule has 2 rings (SSSR count). The summed E-state index contributed by atoms with van der Waals surface area (Å²) in [6.07, 6.45) is 0. The SMILES string of the molecule is COc1ccc(CNC(=O)NCc2cc(=O)[nH][nH]2)cc1OC. The van der Waals surface area contributed by atoms with Crippen molar-refractivity contribution in [3.8, 4) is 11.5 Å². The number of carbonyl (C=O) groups is 1. The number of benzene rings is 1. The van der Waals surface area contributed by atoms with Crippen LogP contribution in [0.4, 0.5) is 4.79 Å². The Morgan fingerprint density at radius 2 is 1.77 bits per heavy atom. The first-order valence-corrected chi connectivity index (χ1v) is 6.61. The van der Waals surface area contributed by atoms with Gasteiger partial charge in [0, 0.05) is 12.6 Å². The average molecular weight is 306 g/mol. The highest BCUT2D eigenvalue weighted by atomic mass is 16.5. The number of hydrogen-bond donors (Lipinski definition) is 4. The van der Waals surface area contributed by atoms with E-state index in [0.717, 1.165) is 5.56 Å². The van der Waals surface area contributed by atoms with Crippen LogP contribution in [-0.2, 0) is 13.1 Å². The van der Waals surface area contributed by atoms with Gasteiger partial charge >= 0.3 is 6.03 Å². The molecule has 0 fully saturated rings. The number of hydrogen-bond acceptors (Lipinski definition) is 4. The third-order valence-corrected chi connectivity index (χ3v) is 2.99. The number of carbonyl (C=O) groups excluding carboxylic acids is 1. The molecular weight excluding hydrogens is 288 g/mol. The molecule has 0 saturated heterocycles. The summed E-state index contributed by atoms with van der Waals surface area (Å²) >= 11 is 0. The molecule has 0 atom stereocenters. The maximum atomic E-state index is 11.7. The normalized spacial score (nSPS) is 10.1. The van der Waals surface area contributed by atoms with Crippen molar-refractivity contribution in [2.45, 2.75) is 13.1 Å². The van der Waals surface area contributed by atoms with Crippen LogP contribution in [0.3, 0.4) is 0 Å². The third kappa shape index (κ3) is 4.05. The number of aromatic amines is 2. The van der Waals surface area contributed by atoms with Crippen LogP contribution in [0.1, 0.15) is 11.3 Å². The fourth-order valence-corrected chi connectivity index (χ4v) is 1.88. The molecule has 118 valence electrons. The number of H-pyrrole nitrogens is 2. The van der Waals surface area contributed by atoms with E-state index in [1.807, 2.05) is 6.07 Å². The lowest BCUT2D eigenvalue weighted by Crippen LogP contribution is -2.34. The summed E-state index contributed by atoms with van der Waals surface area (Å²) < 4.78 is 10.4. The number of urea groups is 1. The number of ether oxygens (including phenoxy) is 2. The molecule has 1 heterocycles. The van der Waals surface area contributed by atoms with Crippen molar-refractivity contribution in [2.75, 3.05) is 14.2 Å². The first kappa shape index (κ1) is 15.5. The second kappa shape index (κ2) is 7.21. The number of amides is 2. The Bertz CT molecular complexity index is 692. The van der Waals surface area contributed by atoms with Gasteiger partial charge in [0.15, 0.2) is 11.5 Å². The Morgan fingerprint density at radius 1 is 1.05 bits per heavy atom. The van der Waals surface area contributed by atoms with Gasteiger partial charge in [0.25, 0.3) is 5.56 Å². The molecule has 1 aromatic carbocycles. The molecular formula is C14H18N4O4. The van der Waals surface area contributed by atoms with Gasteiger partial charge < -0.3 is 25.2 Å². The van der Waals surface area contributed by atoms with Gasteiger partial charge in [-0.3, -0.25) is 9.89 Å². The summed E-state index contributed by atoms with van der Waals surface area (Å²) in [6, 6.07) is 6.46. The van der Waals surface area contributed by atoms with Gasteiger partial charge in [-0.2, -0.15) is 0 Å². The fraction of sp³-hybridized carbons (Fsp3) is 0.286. The Hall–Kier alpha value is -2.90. The molecule has 4 N–H and O–H groups in total. The minimum absolute atomic E-state index is 0.233. The van der Waals surface area contributed by atoms with E-state index in [1.54, 1.807) is 26.4 Å². The number of methoxy groups -OCH3 is 2. The summed E-state index contributed by atoms with van der Waals surface area (Å²) in [6.45, 7) is 0.576. The van der Waals surface area contributed by atoms with Crippen LogP contribution in [0.5, 0.6) is 11.5 Å². The molecule has 0 spiro atoms. The lowest BCUT2D eigenvalue weighted by Gasteiger charge is -2.10. The highest BCUT2D eigenvalue weighted by molar-refractivity contribution is 5.73. The zero-order chi connectivity index (χ0) is 15.9. The Balaban J connectivity index is 1.84. The minimum atomic E-state index is -0.336. The molecule has 0 aliphatic heterocycles. The molecule has 0 aliphatic carbocycles. The summed E-state index contributed by atoms with van der Waals surface area (Å²) in [4.78, 5) is 22.6. The largest absolute Gasteiger partial charge is 0.493 e. The second-order valence-corrected chi connectivity index (χ2v) is 4.51. The van der Waals surface area contributed by atoms with Crippen LogP contribution < -0.4 is 25.7 Å². The van der Waals surface area contributed by atoms with Crippen LogP contribution in [0, 0.1) is 0 Å². The number of aromatic nitrogens is 2. The maximum absolute atomic E-state index is 11.7. The molecule has 0 aliphatic rings. The van der Waals surface area contributed by atoms with E-state index in [4.69, 9.17) is 9.47 Å². The zero-order valence-corrected chi connectivity index (χ0v) is 12.4. The van der Waals surface area contributed by atoms with Crippen molar-refractivity contribution in [3.05, 3.63) is 45.9 Å². The van der Waals surface area contributed by atoms with Crippen LogP contribution >= 0.6 is 0 Å². The summed E-state index contributed by atoms with van der Waals surface area (Å²) in [7, 11) is 3.12. The number of rotatable bonds is 6. The first-order valence-electron chi connectivity index (χ1n) is 6.61. The van der Waals surface area contributed by atoms with Crippen LogP contribution in [0.2, 0.25) is 0 Å². The Kier molecular flexibility index (Phi) is 5.07. The van der Waals surface area contributed by atoms with Gasteiger partial charge in [-0.05, 0) is 17.7 Å². The van der Waals surface area contributed by atoms with E-state index < -0.39 is 0 Å². The quantitative estimate of drug-likeness (QED) is 0.630. The van der Waals surface area contributed by atoms with Gasteiger partial charge in [0.05, 0.1) is 26.5 Å². The van der Waals surface area contributed by atoms with E-state index in [9.17, 15) is 9.59 Å². The average Bonchev–Trinajstić information content (AvgIpc) is 2.96. The van der Waals surface area contributed by atoms with Crippen LogP contribution in [-0.4, -0.2) is 30.4 Å². The lowest BCUT2D eigenvalue weighted by atomic mass is 10.2. The topological polar surface area (TPSA) is 108 Å². The van der Waals surface area contributed by atoms with Gasteiger partial charge in [-0.25, -0.2) is 4.79 Å². The van der Waals surface area contributed by atoms with E-state index in [1.165, 1.54) is 6.07 Å². The summed E-state index contributed by atoms with van der Waals surface area (Å²) in [5, 5.41) is 10.4. The lowest BCUT2D eigenvalue weighted by molar-refractivity contribution is 0.240. The van der Waals surface area contributed by atoms with E-state index in [0.29, 0.717) is 23.7 Å². The second-order valence-electron chi connectivity index (χ2n) is 4.51. The minimum Gasteiger partial charge on any atom is -0.493 e. The van der Waals surface area contributed by atoms with E-state index >= 15 is 0 Å². The van der Waals surface area contributed by atoms with E-state index in [-0.39, 0.29) is 18.1 Å². The third-order valence-electron chi connectivity index (χ3n) is 2.99. The molecule has 8 heteroatoms. The van der Waals surface area contributed by atoms with Crippen molar-refractivity contribution >= 4 is 6.03 Å². The van der Waals surface area contributed by atoms with Gasteiger partial charge in [0.1, 0.15) is 0 Å². The fourth-order valence-electron chi connectivity index (χ4n) is 1.88. The van der Waals surface area contributed by atoms with E-state index in [2.05, 4.69) is 20.8 Å².